The molecule has 25 heavy (non-hydrogen) atoms. The minimum Gasteiger partial charge on any atom is -0.394 e. The van der Waals surface area contributed by atoms with Crippen molar-refractivity contribution in [1.82, 2.24) is 5.32 Å². The maximum Gasteiger partial charge on any atom is 0.416 e. The fourth-order valence-electron chi connectivity index (χ4n) is 2.59. The molecule has 1 aliphatic rings. The molecule has 5 nitrogen and oxygen atoms in total. The quantitative estimate of drug-likeness (QED) is 0.704. The highest BCUT2D eigenvalue weighted by molar-refractivity contribution is 9.10. The summed E-state index contributed by atoms with van der Waals surface area (Å²) in [7, 11) is 0. The van der Waals surface area contributed by atoms with Crippen LogP contribution in [0.1, 0.15) is 30.0 Å². The average Bonchev–Trinajstić information content (AvgIpc) is 3.05. The van der Waals surface area contributed by atoms with Gasteiger partial charge in [-0.15, -0.1) is 0 Å². The number of nitrogens with one attached hydrogen (secondary N) is 1. The van der Waals surface area contributed by atoms with Crippen LogP contribution in [0.5, 0.6) is 0 Å². The number of aliphatic hydroxyl groups is 1. The van der Waals surface area contributed by atoms with Gasteiger partial charge in [0.1, 0.15) is 6.61 Å². The van der Waals surface area contributed by atoms with Gasteiger partial charge in [0, 0.05) is 11.1 Å². The van der Waals surface area contributed by atoms with Crippen LogP contribution in [0.3, 0.4) is 0 Å². The summed E-state index contributed by atoms with van der Waals surface area (Å²) in [6.45, 7) is -0.0592. The minimum atomic E-state index is -4.60. The number of carbonyl (C=O) groups is 1. The maximum atomic E-state index is 13.2. The van der Waals surface area contributed by atoms with E-state index < -0.39 is 30.3 Å². The van der Waals surface area contributed by atoms with Gasteiger partial charge in [0.2, 0.25) is 5.91 Å². The van der Waals surface area contributed by atoms with Crippen LogP contribution < -0.4 is 5.32 Å². The summed E-state index contributed by atoms with van der Waals surface area (Å²) in [4.78, 5) is 11.9. The molecule has 0 aliphatic carbocycles. The number of rotatable bonds is 7. The van der Waals surface area contributed by atoms with Crippen LogP contribution in [-0.4, -0.2) is 43.5 Å². The van der Waals surface area contributed by atoms with Crippen molar-refractivity contribution in [1.29, 1.82) is 0 Å². The van der Waals surface area contributed by atoms with Gasteiger partial charge < -0.3 is 19.9 Å². The summed E-state index contributed by atoms with van der Waals surface area (Å²) in [5, 5.41) is 11.8. The molecule has 1 amide bonds. The van der Waals surface area contributed by atoms with E-state index in [2.05, 4.69) is 21.2 Å². The summed E-state index contributed by atoms with van der Waals surface area (Å²) in [5.74, 6) is -0.604. The molecular weight excluding hydrogens is 407 g/mol. The maximum absolute atomic E-state index is 13.2. The third-order valence-electron chi connectivity index (χ3n) is 3.77. The Kier molecular flexibility index (Phi) is 7.24. The molecule has 0 spiro atoms. The Morgan fingerprint density at radius 3 is 2.84 bits per heavy atom. The van der Waals surface area contributed by atoms with Crippen molar-refractivity contribution in [2.45, 2.75) is 31.2 Å². The largest absolute Gasteiger partial charge is 0.416 e. The Hall–Kier alpha value is -1.16. The highest BCUT2D eigenvalue weighted by atomic mass is 79.9. The summed E-state index contributed by atoms with van der Waals surface area (Å²) < 4.78 is 50.4. The number of benzene rings is 1. The Labute approximate surface area is 151 Å². The van der Waals surface area contributed by atoms with E-state index in [0.717, 1.165) is 18.9 Å². The second-order valence-electron chi connectivity index (χ2n) is 5.68. The van der Waals surface area contributed by atoms with Crippen molar-refractivity contribution >= 4 is 21.8 Å². The van der Waals surface area contributed by atoms with Crippen LogP contribution >= 0.6 is 15.9 Å². The van der Waals surface area contributed by atoms with Gasteiger partial charge in [0.25, 0.3) is 0 Å². The van der Waals surface area contributed by atoms with Crippen molar-refractivity contribution in [2.75, 3.05) is 26.4 Å². The van der Waals surface area contributed by atoms with Gasteiger partial charge in [0.05, 0.1) is 30.9 Å². The molecule has 2 unspecified atom stereocenters. The van der Waals surface area contributed by atoms with Gasteiger partial charge in [-0.25, -0.2) is 0 Å². The monoisotopic (exact) mass is 425 g/mol. The lowest BCUT2D eigenvalue weighted by Crippen LogP contribution is -2.35. The number of alkyl halides is 3. The molecule has 1 heterocycles. The fourth-order valence-corrected chi connectivity index (χ4v) is 2.96. The van der Waals surface area contributed by atoms with E-state index in [9.17, 15) is 23.1 Å². The van der Waals surface area contributed by atoms with E-state index in [-0.39, 0.29) is 29.4 Å². The SMILES string of the molecule is O=C(COCC1CCCO1)NC(CO)c1ccc(Br)cc1C(F)(F)F. The van der Waals surface area contributed by atoms with Crippen molar-refractivity contribution in [2.24, 2.45) is 0 Å². The van der Waals surface area contributed by atoms with E-state index in [0.29, 0.717) is 6.61 Å². The van der Waals surface area contributed by atoms with Gasteiger partial charge in [-0.2, -0.15) is 13.2 Å². The number of carbonyl (C=O) groups excluding carboxylic acids is 1. The third kappa shape index (κ3) is 5.95. The molecule has 1 saturated heterocycles. The zero-order valence-electron chi connectivity index (χ0n) is 13.3. The van der Waals surface area contributed by atoms with E-state index in [1.807, 2.05) is 0 Å². The Morgan fingerprint density at radius 1 is 1.48 bits per heavy atom. The molecule has 0 saturated carbocycles. The lowest BCUT2D eigenvalue weighted by Gasteiger charge is -2.21. The molecule has 0 aromatic heterocycles. The first kappa shape index (κ1) is 20.2. The van der Waals surface area contributed by atoms with E-state index in [4.69, 9.17) is 9.47 Å². The van der Waals surface area contributed by atoms with Gasteiger partial charge in [-0.3, -0.25) is 4.79 Å². The number of ether oxygens (including phenoxy) is 2. The highest BCUT2D eigenvalue weighted by Gasteiger charge is 2.35. The van der Waals surface area contributed by atoms with Crippen LogP contribution in [0.25, 0.3) is 0 Å². The third-order valence-corrected chi connectivity index (χ3v) is 4.27. The van der Waals surface area contributed by atoms with Gasteiger partial charge in [-0.05, 0) is 30.5 Å². The van der Waals surface area contributed by atoms with Crippen molar-refractivity contribution < 1.29 is 32.5 Å². The summed E-state index contributed by atoms with van der Waals surface area (Å²) in [5.41, 5.74) is -1.12. The lowest BCUT2D eigenvalue weighted by atomic mass is 10.00. The average molecular weight is 426 g/mol. The van der Waals surface area contributed by atoms with Crippen LogP contribution in [-0.2, 0) is 20.4 Å². The second kappa shape index (κ2) is 8.98. The summed E-state index contributed by atoms with van der Waals surface area (Å²) in [6, 6.07) is 2.38. The van der Waals surface area contributed by atoms with Crippen LogP contribution in [0.4, 0.5) is 13.2 Å². The number of hydrogen-bond donors (Lipinski definition) is 2. The molecule has 1 aromatic rings. The standard InChI is InChI=1S/C16H19BrF3NO4/c17-10-3-4-12(13(6-10)16(18,19)20)14(7-22)21-15(23)9-24-8-11-2-1-5-25-11/h3-4,6,11,14,22H,1-2,5,7-9H2,(H,21,23). The van der Waals surface area contributed by atoms with Crippen molar-refractivity contribution in [3.05, 3.63) is 33.8 Å². The number of halogens is 4. The van der Waals surface area contributed by atoms with Crippen molar-refractivity contribution in [3.8, 4) is 0 Å². The topological polar surface area (TPSA) is 67.8 Å². The summed E-state index contributed by atoms with van der Waals surface area (Å²) >= 11 is 3.00. The van der Waals surface area contributed by atoms with Crippen molar-refractivity contribution in [3.63, 3.8) is 0 Å². The predicted molar refractivity (Wildman–Crippen MR) is 86.9 cm³/mol. The van der Waals surface area contributed by atoms with E-state index >= 15 is 0 Å². The normalized spacial score (nSPS) is 19.0. The summed E-state index contributed by atoms with van der Waals surface area (Å²) in [6.07, 6.45) is -2.86. The molecular formula is C16H19BrF3NO4. The van der Waals surface area contributed by atoms with Gasteiger partial charge in [-0.1, -0.05) is 22.0 Å². The van der Waals surface area contributed by atoms with Gasteiger partial charge >= 0.3 is 6.18 Å². The molecule has 1 aromatic carbocycles. The Morgan fingerprint density at radius 2 is 2.24 bits per heavy atom. The first-order valence-electron chi connectivity index (χ1n) is 7.77. The first-order valence-corrected chi connectivity index (χ1v) is 8.56. The minimum absolute atomic E-state index is 0.0512. The van der Waals surface area contributed by atoms with Gasteiger partial charge in [0.15, 0.2) is 0 Å². The molecule has 0 bridgehead atoms. The predicted octanol–water partition coefficient (Wildman–Crippen LogP) is 2.81. The Balaban J connectivity index is 1.98. The molecule has 1 fully saturated rings. The fraction of sp³-hybridized carbons (Fsp3) is 0.562. The van der Waals surface area contributed by atoms with E-state index in [1.54, 1.807) is 0 Å². The van der Waals surface area contributed by atoms with Crippen LogP contribution in [0.15, 0.2) is 22.7 Å². The van der Waals surface area contributed by atoms with Crippen LogP contribution in [0.2, 0.25) is 0 Å². The molecule has 2 N–H and O–H groups in total. The number of aliphatic hydroxyl groups excluding tert-OH is 1. The molecule has 2 rings (SSSR count). The number of amides is 1. The smallest absolute Gasteiger partial charge is 0.394 e. The molecule has 9 heteroatoms. The Bertz CT molecular complexity index is 591. The van der Waals surface area contributed by atoms with Crippen LogP contribution in [0, 0.1) is 0 Å². The first-order chi connectivity index (χ1) is 11.8. The molecule has 2 atom stereocenters. The zero-order chi connectivity index (χ0) is 18.4. The molecule has 0 radical (unpaired) electrons. The molecule has 140 valence electrons. The number of hydrogen-bond acceptors (Lipinski definition) is 4. The van der Waals surface area contributed by atoms with E-state index in [1.165, 1.54) is 12.1 Å². The zero-order valence-corrected chi connectivity index (χ0v) is 14.9. The lowest BCUT2D eigenvalue weighted by molar-refractivity contribution is -0.139. The highest BCUT2D eigenvalue weighted by Crippen LogP contribution is 2.36. The molecule has 1 aliphatic heterocycles. The second-order valence-corrected chi connectivity index (χ2v) is 6.60.